The van der Waals surface area contributed by atoms with Gasteiger partial charge >= 0.3 is 0 Å². The van der Waals surface area contributed by atoms with Crippen LogP contribution in [-0.2, 0) is 14.4 Å². The number of rotatable bonds is 6. The Balaban J connectivity index is 1.32. The lowest BCUT2D eigenvalue weighted by Crippen LogP contribution is -2.52. The third-order valence-corrected chi connectivity index (χ3v) is 6.13. The fourth-order valence-corrected chi connectivity index (χ4v) is 4.23. The second-order valence-corrected chi connectivity index (χ2v) is 8.60. The molecule has 0 spiro atoms. The Kier molecular flexibility index (Phi) is 6.15. The van der Waals surface area contributed by atoms with Crippen LogP contribution in [0.3, 0.4) is 0 Å². The first-order valence-electron chi connectivity index (χ1n) is 10.4. The summed E-state index contributed by atoms with van der Waals surface area (Å²) in [6.45, 7) is 3.16. The maximum atomic E-state index is 13.0. The molecule has 0 aromatic heterocycles. The maximum absolute atomic E-state index is 13.0. The molecule has 2 saturated heterocycles. The number of nitrogens with one attached hydrogen (secondary N) is 1. The van der Waals surface area contributed by atoms with Crippen LogP contribution in [0, 0.1) is 5.92 Å². The van der Waals surface area contributed by atoms with Gasteiger partial charge in [-0.3, -0.25) is 19.3 Å². The van der Waals surface area contributed by atoms with Crippen molar-refractivity contribution in [2.45, 2.75) is 25.3 Å². The number of nitrogens with zero attached hydrogens (tertiary/aromatic N) is 3. The maximum Gasteiger partial charge on any atom is 0.234 e. The van der Waals surface area contributed by atoms with Gasteiger partial charge in [0.2, 0.25) is 17.7 Å². The van der Waals surface area contributed by atoms with Crippen LogP contribution in [0.25, 0.3) is 0 Å². The van der Waals surface area contributed by atoms with E-state index in [4.69, 9.17) is 16.3 Å². The first-order chi connectivity index (χ1) is 14.4. The topological polar surface area (TPSA) is 82.2 Å². The van der Waals surface area contributed by atoms with Crippen molar-refractivity contribution < 1.29 is 19.1 Å². The number of hydrogen-bond donors (Lipinski definition) is 1. The summed E-state index contributed by atoms with van der Waals surface area (Å²) in [7, 11) is 1.54. The lowest BCUT2D eigenvalue weighted by molar-refractivity contribution is -0.137. The number of anilines is 1. The number of ether oxygens (including phenoxy) is 1. The van der Waals surface area contributed by atoms with Crippen LogP contribution in [0.5, 0.6) is 5.75 Å². The van der Waals surface area contributed by atoms with Crippen molar-refractivity contribution in [3.05, 3.63) is 23.2 Å². The van der Waals surface area contributed by atoms with E-state index in [2.05, 4.69) is 10.2 Å². The summed E-state index contributed by atoms with van der Waals surface area (Å²) in [4.78, 5) is 43.1. The number of hydrogen-bond acceptors (Lipinski definition) is 5. The van der Waals surface area contributed by atoms with Gasteiger partial charge in [-0.05, 0) is 31.0 Å². The van der Waals surface area contributed by atoms with Gasteiger partial charge in [0.25, 0.3) is 0 Å². The van der Waals surface area contributed by atoms with E-state index in [1.54, 1.807) is 30.2 Å². The third-order valence-electron chi connectivity index (χ3n) is 5.90. The Morgan fingerprint density at radius 1 is 1.20 bits per heavy atom. The zero-order valence-electron chi connectivity index (χ0n) is 17.1. The van der Waals surface area contributed by atoms with Crippen LogP contribution < -0.4 is 15.0 Å². The smallest absolute Gasteiger partial charge is 0.234 e. The number of carbonyl (C=O) groups is 3. The molecular weight excluding hydrogens is 408 g/mol. The Bertz CT molecular complexity index is 836. The molecule has 0 bridgehead atoms. The number of benzene rings is 1. The van der Waals surface area contributed by atoms with E-state index < -0.39 is 0 Å². The Morgan fingerprint density at radius 3 is 2.60 bits per heavy atom. The number of piperazine rings is 1. The van der Waals surface area contributed by atoms with Crippen molar-refractivity contribution in [3.8, 4) is 5.75 Å². The van der Waals surface area contributed by atoms with Gasteiger partial charge in [0.05, 0.1) is 25.3 Å². The van der Waals surface area contributed by atoms with Gasteiger partial charge < -0.3 is 19.9 Å². The van der Waals surface area contributed by atoms with E-state index in [9.17, 15) is 14.4 Å². The second-order valence-electron chi connectivity index (χ2n) is 8.16. The molecule has 3 aliphatic rings. The molecule has 3 fully saturated rings. The average Bonchev–Trinajstić information content (AvgIpc) is 3.46. The van der Waals surface area contributed by atoms with E-state index in [0.717, 1.165) is 12.8 Å². The number of methoxy groups -OCH3 is 1. The Labute approximate surface area is 181 Å². The molecule has 1 N–H and O–H groups in total. The molecule has 4 rings (SSSR count). The van der Waals surface area contributed by atoms with Crippen LogP contribution >= 0.6 is 11.6 Å². The number of halogens is 1. The molecule has 9 heteroatoms. The molecule has 0 radical (unpaired) electrons. The summed E-state index contributed by atoms with van der Waals surface area (Å²) in [6, 6.07) is 5.48. The molecule has 3 amide bonds. The molecule has 2 aliphatic heterocycles. The molecule has 1 atom stereocenters. The zero-order valence-corrected chi connectivity index (χ0v) is 17.9. The fourth-order valence-electron chi connectivity index (χ4n) is 4.07. The number of amides is 3. The highest BCUT2D eigenvalue weighted by atomic mass is 35.5. The summed E-state index contributed by atoms with van der Waals surface area (Å²) in [5.74, 6) is 0.118. The summed E-state index contributed by atoms with van der Waals surface area (Å²) in [5.41, 5.74) is 0.594. The zero-order chi connectivity index (χ0) is 21.3. The van der Waals surface area contributed by atoms with Crippen molar-refractivity contribution in [3.63, 3.8) is 0 Å². The highest BCUT2D eigenvalue weighted by Gasteiger charge is 2.39. The normalized spacial score (nSPS) is 22.3. The summed E-state index contributed by atoms with van der Waals surface area (Å²) >= 11 is 6.10. The molecule has 0 unspecified atom stereocenters. The van der Waals surface area contributed by atoms with Gasteiger partial charge in [-0.1, -0.05) is 11.6 Å². The van der Waals surface area contributed by atoms with Gasteiger partial charge in [0.1, 0.15) is 5.75 Å². The van der Waals surface area contributed by atoms with Crippen molar-refractivity contribution >= 4 is 35.0 Å². The third kappa shape index (κ3) is 4.70. The van der Waals surface area contributed by atoms with Crippen LogP contribution in [-0.4, -0.2) is 79.9 Å². The lowest BCUT2D eigenvalue weighted by atomic mass is 10.1. The van der Waals surface area contributed by atoms with Crippen molar-refractivity contribution in [2.24, 2.45) is 5.92 Å². The molecule has 1 saturated carbocycles. The van der Waals surface area contributed by atoms with Crippen LogP contribution in [0.2, 0.25) is 5.02 Å². The molecule has 2 heterocycles. The largest absolute Gasteiger partial charge is 0.495 e. The minimum atomic E-state index is -0.383. The lowest BCUT2D eigenvalue weighted by Gasteiger charge is -2.35. The Morgan fingerprint density at radius 2 is 1.93 bits per heavy atom. The average molecular weight is 435 g/mol. The van der Waals surface area contributed by atoms with Gasteiger partial charge in [-0.25, -0.2) is 0 Å². The fraction of sp³-hybridized carbons (Fsp3) is 0.571. The summed E-state index contributed by atoms with van der Waals surface area (Å²) in [5, 5.41) is 3.50. The van der Waals surface area contributed by atoms with Gasteiger partial charge in [-0.15, -0.1) is 0 Å². The van der Waals surface area contributed by atoms with E-state index in [1.165, 1.54) is 0 Å². The van der Waals surface area contributed by atoms with E-state index in [1.807, 2.05) is 4.90 Å². The summed E-state index contributed by atoms with van der Waals surface area (Å²) < 4.78 is 5.36. The van der Waals surface area contributed by atoms with Gasteiger partial charge in [0.15, 0.2) is 0 Å². The quantitative estimate of drug-likeness (QED) is 0.725. The van der Waals surface area contributed by atoms with E-state index in [0.29, 0.717) is 61.8 Å². The SMILES string of the molecule is COc1ccc(Cl)cc1N1C[C@@H](C(=O)N2CCN(CC(=O)NC3CC3)CC2)CC1=O. The van der Waals surface area contributed by atoms with Crippen LogP contribution in [0.4, 0.5) is 5.69 Å². The molecule has 1 aliphatic carbocycles. The summed E-state index contributed by atoms with van der Waals surface area (Å²) in [6.07, 6.45) is 2.33. The second kappa shape index (κ2) is 8.81. The van der Waals surface area contributed by atoms with Crippen molar-refractivity contribution in [1.82, 2.24) is 15.1 Å². The standard InChI is InChI=1S/C21H27ClN4O4/c1-30-18-5-2-15(22)11-17(18)26-12-14(10-20(26)28)21(29)25-8-6-24(7-9-25)13-19(27)23-16-3-4-16/h2,5,11,14,16H,3-4,6-10,12-13H2,1H3,(H,23,27)/t14-/m0/s1. The number of carbonyl (C=O) groups excluding carboxylic acids is 3. The minimum absolute atomic E-state index is 0.00562. The molecule has 162 valence electrons. The predicted molar refractivity (Wildman–Crippen MR) is 113 cm³/mol. The molecule has 30 heavy (non-hydrogen) atoms. The van der Waals surface area contributed by atoms with E-state index in [-0.39, 0.29) is 30.1 Å². The van der Waals surface area contributed by atoms with Crippen LogP contribution in [0.15, 0.2) is 18.2 Å². The Hall–Kier alpha value is -2.32. The van der Waals surface area contributed by atoms with Crippen molar-refractivity contribution in [1.29, 1.82) is 0 Å². The monoisotopic (exact) mass is 434 g/mol. The molecule has 1 aromatic carbocycles. The van der Waals surface area contributed by atoms with Crippen LogP contribution in [0.1, 0.15) is 19.3 Å². The van der Waals surface area contributed by atoms with E-state index >= 15 is 0 Å². The predicted octanol–water partition coefficient (Wildman–Crippen LogP) is 1.12. The highest BCUT2D eigenvalue weighted by Crippen LogP contribution is 2.35. The highest BCUT2D eigenvalue weighted by molar-refractivity contribution is 6.31. The first kappa shape index (κ1) is 20.9. The minimum Gasteiger partial charge on any atom is -0.495 e. The first-order valence-corrected chi connectivity index (χ1v) is 10.8. The molecule has 8 nitrogen and oxygen atoms in total. The van der Waals surface area contributed by atoms with Gasteiger partial charge in [-0.2, -0.15) is 0 Å². The molecule has 1 aromatic rings. The van der Waals surface area contributed by atoms with Gasteiger partial charge in [0, 0.05) is 50.2 Å². The molecular formula is C21H27ClN4O4. The van der Waals surface area contributed by atoms with Crippen molar-refractivity contribution in [2.75, 3.05) is 51.3 Å².